The van der Waals surface area contributed by atoms with Crippen molar-refractivity contribution in [1.82, 2.24) is 0 Å². The SMILES string of the molecule is COc1ccc(N)c(N(C)C)c1. The van der Waals surface area contributed by atoms with Crippen molar-refractivity contribution in [3.8, 4) is 5.75 Å². The number of anilines is 2. The quantitative estimate of drug-likeness (QED) is 0.674. The van der Waals surface area contributed by atoms with Gasteiger partial charge in [-0.1, -0.05) is 0 Å². The Morgan fingerprint density at radius 2 is 2.00 bits per heavy atom. The van der Waals surface area contributed by atoms with Gasteiger partial charge in [-0.3, -0.25) is 0 Å². The number of nitrogens with zero attached hydrogens (tertiary/aromatic N) is 1. The van der Waals surface area contributed by atoms with Crippen molar-refractivity contribution in [1.29, 1.82) is 0 Å². The molecule has 1 rings (SSSR count). The van der Waals surface area contributed by atoms with Crippen LogP contribution in [0.4, 0.5) is 11.4 Å². The van der Waals surface area contributed by atoms with Gasteiger partial charge in [0.15, 0.2) is 0 Å². The van der Waals surface area contributed by atoms with Crippen LogP contribution in [0.15, 0.2) is 18.2 Å². The number of hydrogen-bond acceptors (Lipinski definition) is 3. The number of hydrogen-bond donors (Lipinski definition) is 1. The van der Waals surface area contributed by atoms with Gasteiger partial charge in [0.1, 0.15) is 5.75 Å². The van der Waals surface area contributed by atoms with Gasteiger partial charge in [-0.15, -0.1) is 0 Å². The Kier molecular flexibility index (Phi) is 2.43. The lowest BCUT2D eigenvalue weighted by atomic mass is 10.2. The van der Waals surface area contributed by atoms with E-state index in [-0.39, 0.29) is 0 Å². The molecule has 12 heavy (non-hydrogen) atoms. The summed E-state index contributed by atoms with van der Waals surface area (Å²) in [4.78, 5) is 1.96. The highest BCUT2D eigenvalue weighted by atomic mass is 16.5. The van der Waals surface area contributed by atoms with Crippen LogP contribution in [0.3, 0.4) is 0 Å². The first-order chi connectivity index (χ1) is 5.65. The molecule has 0 spiro atoms. The zero-order valence-corrected chi connectivity index (χ0v) is 7.66. The molecule has 0 aliphatic rings. The molecule has 0 amide bonds. The molecular weight excluding hydrogens is 152 g/mol. The average molecular weight is 166 g/mol. The third kappa shape index (κ3) is 1.61. The van der Waals surface area contributed by atoms with Crippen molar-refractivity contribution < 1.29 is 4.74 Å². The van der Waals surface area contributed by atoms with Crippen LogP contribution in [0, 0.1) is 0 Å². The van der Waals surface area contributed by atoms with E-state index in [4.69, 9.17) is 10.5 Å². The van der Waals surface area contributed by atoms with Crippen LogP contribution in [0.25, 0.3) is 0 Å². The van der Waals surface area contributed by atoms with Crippen LogP contribution in [-0.4, -0.2) is 21.2 Å². The minimum Gasteiger partial charge on any atom is -0.497 e. The summed E-state index contributed by atoms with van der Waals surface area (Å²) in [6.07, 6.45) is 0. The lowest BCUT2D eigenvalue weighted by molar-refractivity contribution is 0.415. The van der Waals surface area contributed by atoms with Gasteiger partial charge in [0, 0.05) is 20.2 Å². The number of ether oxygens (including phenoxy) is 1. The third-order valence-electron chi connectivity index (χ3n) is 1.72. The van der Waals surface area contributed by atoms with Gasteiger partial charge < -0.3 is 15.4 Å². The summed E-state index contributed by atoms with van der Waals surface area (Å²) in [5.74, 6) is 0.827. The Morgan fingerprint density at radius 1 is 1.33 bits per heavy atom. The van der Waals surface area contributed by atoms with Crippen LogP contribution < -0.4 is 15.4 Å². The van der Waals surface area contributed by atoms with Gasteiger partial charge in [0.2, 0.25) is 0 Å². The molecule has 3 nitrogen and oxygen atoms in total. The summed E-state index contributed by atoms with van der Waals surface area (Å²) >= 11 is 0. The molecule has 0 aliphatic heterocycles. The fourth-order valence-corrected chi connectivity index (χ4v) is 1.04. The zero-order chi connectivity index (χ0) is 9.14. The van der Waals surface area contributed by atoms with E-state index in [9.17, 15) is 0 Å². The maximum atomic E-state index is 5.75. The lowest BCUT2D eigenvalue weighted by Crippen LogP contribution is -2.10. The summed E-state index contributed by atoms with van der Waals surface area (Å²) in [5, 5.41) is 0. The van der Waals surface area contributed by atoms with Gasteiger partial charge in [-0.05, 0) is 12.1 Å². The summed E-state index contributed by atoms with van der Waals surface area (Å²) in [6, 6.07) is 5.60. The molecule has 0 fully saturated rings. The van der Waals surface area contributed by atoms with Crippen molar-refractivity contribution in [2.75, 3.05) is 31.8 Å². The van der Waals surface area contributed by atoms with E-state index in [1.54, 1.807) is 7.11 Å². The number of nitrogen functional groups attached to an aromatic ring is 1. The highest BCUT2D eigenvalue weighted by Crippen LogP contribution is 2.26. The Bertz CT molecular complexity index is 271. The average Bonchev–Trinajstić information content (AvgIpc) is 2.05. The second kappa shape index (κ2) is 3.34. The molecule has 0 aromatic heterocycles. The molecule has 0 atom stereocenters. The number of benzene rings is 1. The highest BCUT2D eigenvalue weighted by molar-refractivity contribution is 5.68. The van der Waals surface area contributed by atoms with Crippen LogP contribution in [-0.2, 0) is 0 Å². The van der Waals surface area contributed by atoms with Crippen LogP contribution in [0.2, 0.25) is 0 Å². The van der Waals surface area contributed by atoms with Gasteiger partial charge in [0.25, 0.3) is 0 Å². The second-order valence-corrected chi connectivity index (χ2v) is 2.82. The predicted octanol–water partition coefficient (Wildman–Crippen LogP) is 1.34. The van der Waals surface area contributed by atoms with E-state index >= 15 is 0 Å². The molecule has 0 radical (unpaired) electrons. The second-order valence-electron chi connectivity index (χ2n) is 2.82. The van der Waals surface area contributed by atoms with Crippen LogP contribution in [0.1, 0.15) is 0 Å². The topological polar surface area (TPSA) is 38.5 Å². The molecule has 3 heteroatoms. The van der Waals surface area contributed by atoms with Gasteiger partial charge in [-0.2, -0.15) is 0 Å². The monoisotopic (exact) mass is 166 g/mol. The van der Waals surface area contributed by atoms with Crippen molar-refractivity contribution in [3.63, 3.8) is 0 Å². The van der Waals surface area contributed by atoms with Crippen LogP contribution >= 0.6 is 0 Å². The number of methoxy groups -OCH3 is 1. The van der Waals surface area contributed by atoms with E-state index in [2.05, 4.69) is 0 Å². The molecule has 0 aliphatic carbocycles. The molecule has 0 saturated carbocycles. The lowest BCUT2D eigenvalue weighted by Gasteiger charge is -2.15. The molecule has 2 N–H and O–H groups in total. The first kappa shape index (κ1) is 8.71. The molecular formula is C9H14N2O. The molecule has 0 heterocycles. The van der Waals surface area contributed by atoms with Gasteiger partial charge in [-0.25, -0.2) is 0 Å². The largest absolute Gasteiger partial charge is 0.497 e. The molecule has 1 aromatic rings. The normalized spacial score (nSPS) is 9.58. The summed E-state index contributed by atoms with van der Waals surface area (Å²) < 4.78 is 5.08. The molecule has 0 unspecified atom stereocenters. The summed E-state index contributed by atoms with van der Waals surface area (Å²) in [6.45, 7) is 0. The van der Waals surface area contributed by atoms with Crippen molar-refractivity contribution in [2.45, 2.75) is 0 Å². The van der Waals surface area contributed by atoms with E-state index in [0.29, 0.717) is 0 Å². The summed E-state index contributed by atoms with van der Waals surface area (Å²) in [7, 11) is 5.54. The number of rotatable bonds is 2. The first-order valence-electron chi connectivity index (χ1n) is 3.76. The fraction of sp³-hybridized carbons (Fsp3) is 0.333. The molecule has 0 saturated heterocycles. The van der Waals surface area contributed by atoms with Gasteiger partial charge >= 0.3 is 0 Å². The number of nitrogens with two attached hydrogens (primary N) is 1. The Labute approximate surface area is 72.7 Å². The van der Waals surface area contributed by atoms with Crippen molar-refractivity contribution in [3.05, 3.63) is 18.2 Å². The summed E-state index contributed by atoms with van der Waals surface area (Å²) in [5.41, 5.74) is 7.49. The Morgan fingerprint density at radius 3 is 2.50 bits per heavy atom. The molecule has 66 valence electrons. The zero-order valence-electron chi connectivity index (χ0n) is 7.66. The predicted molar refractivity (Wildman–Crippen MR) is 51.7 cm³/mol. The van der Waals surface area contributed by atoms with E-state index in [0.717, 1.165) is 17.1 Å². The Balaban J connectivity index is 3.08. The van der Waals surface area contributed by atoms with Crippen molar-refractivity contribution in [2.24, 2.45) is 0 Å². The van der Waals surface area contributed by atoms with Crippen LogP contribution in [0.5, 0.6) is 5.75 Å². The molecule has 1 aromatic carbocycles. The maximum Gasteiger partial charge on any atom is 0.121 e. The van der Waals surface area contributed by atoms with E-state index in [1.165, 1.54) is 0 Å². The smallest absolute Gasteiger partial charge is 0.121 e. The van der Waals surface area contributed by atoms with E-state index < -0.39 is 0 Å². The van der Waals surface area contributed by atoms with Gasteiger partial charge in [0.05, 0.1) is 18.5 Å². The minimum atomic E-state index is 0.765. The van der Waals surface area contributed by atoms with Crippen molar-refractivity contribution >= 4 is 11.4 Å². The standard InChI is InChI=1S/C9H14N2O/c1-11(2)9-6-7(12-3)4-5-8(9)10/h4-6H,10H2,1-3H3. The van der Waals surface area contributed by atoms with E-state index in [1.807, 2.05) is 37.2 Å². The minimum absolute atomic E-state index is 0.765. The Hall–Kier alpha value is -1.38. The third-order valence-corrected chi connectivity index (χ3v) is 1.72. The maximum absolute atomic E-state index is 5.75. The first-order valence-corrected chi connectivity index (χ1v) is 3.76. The molecule has 0 bridgehead atoms. The highest BCUT2D eigenvalue weighted by Gasteiger charge is 2.02. The fourth-order valence-electron chi connectivity index (χ4n) is 1.04.